The fourth-order valence-electron chi connectivity index (χ4n) is 8.32. The number of carboxylic acid groups (broad SMARTS) is 1. The van der Waals surface area contributed by atoms with E-state index in [2.05, 4.69) is 42.2 Å². The first-order valence-electron chi connectivity index (χ1n) is 23.1. The van der Waals surface area contributed by atoms with E-state index in [4.69, 9.17) is 28.0 Å². The van der Waals surface area contributed by atoms with E-state index in [1.807, 2.05) is 24.3 Å². The summed E-state index contributed by atoms with van der Waals surface area (Å²) in [6.07, 6.45) is 4.61. The lowest BCUT2D eigenvalue weighted by Crippen LogP contribution is -2.59. The van der Waals surface area contributed by atoms with Gasteiger partial charge >= 0.3 is 5.97 Å². The molecular weight excluding hydrogens is 883 g/mol. The van der Waals surface area contributed by atoms with Gasteiger partial charge in [-0.3, -0.25) is 44.4 Å². The Kier molecular flexibility index (Phi) is 20.3. The minimum atomic E-state index is -1.26. The predicted molar refractivity (Wildman–Crippen MR) is 251 cm³/mol. The van der Waals surface area contributed by atoms with Gasteiger partial charge in [0.2, 0.25) is 41.4 Å². The molecule has 24 heteroatoms. The van der Waals surface area contributed by atoms with E-state index in [9.17, 15) is 43.5 Å². The maximum absolute atomic E-state index is 14.1. The van der Waals surface area contributed by atoms with Crippen LogP contribution in [-0.2, 0) is 44.8 Å². The van der Waals surface area contributed by atoms with Crippen molar-refractivity contribution in [2.24, 2.45) is 23.1 Å². The molecule has 0 spiro atoms. The standard InChI is InChI=1S/C44H69N15O9/c1-4-24(2)35(42(67)68)57-39(64)31(14-8-18-51-44(48)49)55-36(61)25(3)54-38(63)30(13-7-17-50-43(46)47)56-40(65)32-15-9-20-59(32)41(66)33-16-10-19-58(33)34(60)23-53-37(62)28(45)21-26-22-52-29-12-6-5-11-27(26)29/h5-6,11-12,22,24-25,28,30-33,35,52H,4,7-10,13-21,23,45H2,1-3H3,(H,53,62)(H,54,63)(H,55,61)(H,56,65)(H,57,64)(H,67,68)(H4,46,47,50)(H4,48,49,51)/t24-,25-,28-,30-,31-,32-,33-,35-/m0/s1. The van der Waals surface area contributed by atoms with Crippen LogP contribution in [0.5, 0.6) is 0 Å². The van der Waals surface area contributed by atoms with Crippen LogP contribution in [0.25, 0.3) is 10.9 Å². The molecule has 4 rings (SSSR count). The van der Waals surface area contributed by atoms with Gasteiger partial charge in [0, 0.05) is 43.3 Å². The smallest absolute Gasteiger partial charge is 0.326 e. The summed E-state index contributed by atoms with van der Waals surface area (Å²) in [4.78, 5) is 113. The van der Waals surface area contributed by atoms with Gasteiger partial charge in [-0.25, -0.2) is 4.79 Å². The summed E-state index contributed by atoms with van der Waals surface area (Å²) in [7, 11) is 0. The van der Waals surface area contributed by atoms with Crippen LogP contribution in [0.1, 0.15) is 84.1 Å². The van der Waals surface area contributed by atoms with Crippen molar-refractivity contribution in [3.63, 3.8) is 0 Å². The van der Waals surface area contributed by atoms with Crippen LogP contribution >= 0.6 is 0 Å². The van der Waals surface area contributed by atoms with Crippen LogP contribution in [0.15, 0.2) is 30.5 Å². The van der Waals surface area contributed by atoms with Gasteiger partial charge in [-0.1, -0.05) is 38.5 Å². The SMILES string of the molecule is CC[C@H](C)[C@H](NC(=O)[C@H](CCCNC(=N)N)NC(=O)[C@H](C)NC(=O)[C@H](CCCNC(=N)N)NC(=O)[C@@H]1CCCN1C(=O)[C@@H]1CCCN1C(=O)CNC(=O)[C@@H](N)Cc1c[nH]c2ccccc12)C(=O)O. The second kappa shape index (κ2) is 25.8. The fraction of sp³-hybridized carbons (Fsp3) is 0.591. The molecule has 2 fully saturated rings. The molecule has 0 aliphatic carbocycles. The fourth-order valence-corrected chi connectivity index (χ4v) is 8.32. The number of carboxylic acids is 1. The third kappa shape index (κ3) is 15.3. The number of guanidine groups is 2. The molecule has 17 N–H and O–H groups in total. The van der Waals surface area contributed by atoms with Crippen LogP contribution in [0.3, 0.4) is 0 Å². The van der Waals surface area contributed by atoms with Crippen LogP contribution in [0.4, 0.5) is 0 Å². The first-order chi connectivity index (χ1) is 32.3. The molecule has 2 saturated heterocycles. The number of H-pyrrole nitrogens is 1. The minimum absolute atomic E-state index is 0.0228. The van der Waals surface area contributed by atoms with Gasteiger partial charge in [-0.2, -0.15) is 0 Å². The van der Waals surface area contributed by atoms with E-state index < -0.39 is 95.5 Å². The molecule has 3 heterocycles. The van der Waals surface area contributed by atoms with Gasteiger partial charge in [-0.15, -0.1) is 0 Å². The largest absolute Gasteiger partial charge is 0.480 e. The van der Waals surface area contributed by atoms with Gasteiger partial charge in [0.05, 0.1) is 12.6 Å². The van der Waals surface area contributed by atoms with Crippen LogP contribution in [-0.4, -0.2) is 154 Å². The lowest BCUT2D eigenvalue weighted by Gasteiger charge is -2.32. The second-order valence-electron chi connectivity index (χ2n) is 17.4. The quantitative estimate of drug-likeness (QED) is 0.0284. The third-order valence-corrected chi connectivity index (χ3v) is 12.3. The molecule has 0 radical (unpaired) electrons. The van der Waals surface area contributed by atoms with Gasteiger partial charge in [-0.05, 0) is 82.3 Å². The number of likely N-dealkylation sites (tertiary alicyclic amines) is 2. The Morgan fingerprint density at radius 1 is 0.779 bits per heavy atom. The van der Waals surface area contributed by atoms with E-state index in [1.165, 1.54) is 16.7 Å². The Labute approximate surface area is 394 Å². The Hall–Kier alpha value is -6.98. The lowest BCUT2D eigenvalue weighted by molar-refractivity contribution is -0.147. The highest BCUT2D eigenvalue weighted by atomic mass is 16.4. The third-order valence-electron chi connectivity index (χ3n) is 12.3. The van der Waals surface area contributed by atoms with E-state index in [1.54, 1.807) is 20.0 Å². The average Bonchev–Trinajstić information content (AvgIpc) is 4.09. The Morgan fingerprint density at radius 2 is 1.37 bits per heavy atom. The monoisotopic (exact) mass is 952 g/mol. The highest BCUT2D eigenvalue weighted by molar-refractivity contribution is 5.97. The summed E-state index contributed by atoms with van der Waals surface area (Å²) in [6.45, 7) is 5.26. The molecule has 8 atom stereocenters. The number of nitrogens with zero attached hydrogens (tertiary/aromatic N) is 2. The number of aromatic nitrogens is 1. The average molecular weight is 952 g/mol. The highest BCUT2D eigenvalue weighted by Crippen LogP contribution is 2.26. The number of aliphatic carboxylic acids is 1. The lowest BCUT2D eigenvalue weighted by atomic mass is 9.98. The molecule has 0 bridgehead atoms. The Balaban J connectivity index is 1.39. The highest BCUT2D eigenvalue weighted by Gasteiger charge is 2.43. The normalized spacial score (nSPS) is 18.2. The molecule has 2 aliphatic heterocycles. The van der Waals surface area contributed by atoms with Crippen molar-refractivity contribution in [2.75, 3.05) is 32.7 Å². The number of hydrogen-bond acceptors (Lipinski definition) is 11. The molecular formula is C44H69N15O9. The number of carbonyl (C=O) groups is 8. The summed E-state index contributed by atoms with van der Waals surface area (Å²) in [5.74, 6) is -6.67. The molecule has 24 nitrogen and oxygen atoms in total. The molecule has 2 aromatic rings. The molecule has 68 heavy (non-hydrogen) atoms. The van der Waals surface area contributed by atoms with E-state index in [0.717, 1.165) is 16.5 Å². The van der Waals surface area contributed by atoms with E-state index in [-0.39, 0.29) is 83.2 Å². The zero-order valence-corrected chi connectivity index (χ0v) is 39.0. The number of hydrogen-bond donors (Lipinski definition) is 14. The number of carbonyl (C=O) groups excluding carboxylic acids is 7. The number of para-hydroxylation sites is 1. The number of aromatic amines is 1. The van der Waals surface area contributed by atoms with Crippen molar-refractivity contribution in [2.45, 2.75) is 127 Å². The first kappa shape index (κ1) is 53.6. The Morgan fingerprint density at radius 3 is 1.99 bits per heavy atom. The summed E-state index contributed by atoms with van der Waals surface area (Å²) in [6, 6.07) is -0.161. The Bertz CT molecular complexity index is 2150. The van der Waals surface area contributed by atoms with Crippen molar-refractivity contribution < 1.29 is 43.5 Å². The van der Waals surface area contributed by atoms with Crippen LogP contribution in [0, 0.1) is 16.7 Å². The molecule has 2 aliphatic rings. The van der Waals surface area contributed by atoms with Gasteiger partial charge < -0.3 is 74.3 Å². The van der Waals surface area contributed by atoms with Gasteiger partial charge in [0.25, 0.3) is 0 Å². The molecule has 1 aromatic heterocycles. The summed E-state index contributed by atoms with van der Waals surface area (Å²) in [5, 5.41) is 43.8. The van der Waals surface area contributed by atoms with Crippen molar-refractivity contribution in [1.82, 2.24) is 52.0 Å². The number of rotatable bonds is 25. The molecule has 0 saturated carbocycles. The zero-order valence-electron chi connectivity index (χ0n) is 39.0. The van der Waals surface area contributed by atoms with Crippen molar-refractivity contribution >= 4 is 70.1 Å². The second-order valence-corrected chi connectivity index (χ2v) is 17.4. The first-order valence-corrected chi connectivity index (χ1v) is 23.1. The number of nitrogens with two attached hydrogens (primary N) is 3. The topological polar surface area (TPSA) is 389 Å². The van der Waals surface area contributed by atoms with Crippen molar-refractivity contribution in [3.05, 3.63) is 36.0 Å². The van der Waals surface area contributed by atoms with E-state index >= 15 is 0 Å². The van der Waals surface area contributed by atoms with Gasteiger partial charge in [0.1, 0.15) is 36.3 Å². The molecule has 374 valence electrons. The van der Waals surface area contributed by atoms with Gasteiger partial charge in [0.15, 0.2) is 11.9 Å². The predicted octanol–water partition coefficient (Wildman–Crippen LogP) is -2.25. The zero-order chi connectivity index (χ0) is 50.1. The summed E-state index contributed by atoms with van der Waals surface area (Å²) < 4.78 is 0. The van der Waals surface area contributed by atoms with Crippen LogP contribution < -0.4 is 54.4 Å². The number of nitrogens with one attached hydrogen (secondary N) is 10. The van der Waals surface area contributed by atoms with E-state index in [0.29, 0.717) is 25.7 Å². The number of benzene rings is 1. The maximum Gasteiger partial charge on any atom is 0.326 e. The number of amides is 7. The molecule has 1 aromatic carbocycles. The summed E-state index contributed by atoms with van der Waals surface area (Å²) >= 11 is 0. The molecule has 7 amide bonds. The summed E-state index contributed by atoms with van der Waals surface area (Å²) in [5.41, 5.74) is 18.8. The van der Waals surface area contributed by atoms with Crippen molar-refractivity contribution in [1.29, 1.82) is 10.8 Å². The minimum Gasteiger partial charge on any atom is -0.480 e. The van der Waals surface area contributed by atoms with Crippen LogP contribution in [0.2, 0.25) is 0 Å². The maximum atomic E-state index is 14.1. The van der Waals surface area contributed by atoms with Crippen molar-refractivity contribution in [3.8, 4) is 0 Å². The number of fused-ring (bicyclic) bond motifs is 1. The molecule has 0 unspecified atom stereocenters.